The van der Waals surface area contributed by atoms with Crippen LogP contribution in [0.15, 0.2) is 63.2 Å². The number of thiazole rings is 1. The highest BCUT2D eigenvalue weighted by Gasteiger charge is 2.22. The Morgan fingerprint density at radius 2 is 1.93 bits per heavy atom. The number of aryl methyl sites for hydroxylation is 1. The molecule has 8 heteroatoms. The zero-order valence-corrected chi connectivity index (χ0v) is 17.8. The lowest BCUT2D eigenvalue weighted by Crippen LogP contribution is -2.29. The molecule has 2 N–H and O–H groups in total. The minimum Gasteiger partial charge on any atom is -0.506 e. The summed E-state index contributed by atoms with van der Waals surface area (Å²) in [5, 5.41) is 15.9. The number of benzene rings is 2. The van der Waals surface area contributed by atoms with Crippen molar-refractivity contribution in [2.24, 2.45) is 0 Å². The van der Waals surface area contributed by atoms with E-state index >= 15 is 0 Å². The average Bonchev–Trinajstić information content (AvgIpc) is 3.17. The molecule has 0 bridgehead atoms. The first-order valence-electron chi connectivity index (χ1n) is 8.87. The molecule has 0 saturated heterocycles. The van der Waals surface area contributed by atoms with Crippen LogP contribution in [0.4, 0.5) is 5.13 Å². The maximum atomic E-state index is 12.8. The summed E-state index contributed by atoms with van der Waals surface area (Å²) in [5.74, 6) is -1.00. The van der Waals surface area contributed by atoms with Gasteiger partial charge in [0, 0.05) is 27.3 Å². The quantitative estimate of drug-likeness (QED) is 0.446. The Morgan fingerprint density at radius 3 is 2.66 bits per heavy atom. The molecular weight excluding hydrogens is 454 g/mol. The Bertz CT molecular complexity index is 1280. The van der Waals surface area contributed by atoms with Crippen molar-refractivity contribution in [1.29, 1.82) is 0 Å². The van der Waals surface area contributed by atoms with Crippen molar-refractivity contribution in [1.82, 2.24) is 9.55 Å². The highest BCUT2D eigenvalue weighted by atomic mass is 79.9. The first-order valence-corrected chi connectivity index (χ1v) is 10.5. The highest BCUT2D eigenvalue weighted by Crippen LogP contribution is 2.29. The van der Waals surface area contributed by atoms with Crippen molar-refractivity contribution < 1.29 is 9.90 Å². The van der Waals surface area contributed by atoms with E-state index in [2.05, 4.69) is 26.2 Å². The van der Waals surface area contributed by atoms with Crippen molar-refractivity contribution in [3.63, 3.8) is 0 Å². The number of anilines is 1. The van der Waals surface area contributed by atoms with E-state index in [0.717, 1.165) is 10.0 Å². The first-order chi connectivity index (χ1) is 14.0. The fourth-order valence-electron chi connectivity index (χ4n) is 3.15. The van der Waals surface area contributed by atoms with Crippen LogP contribution in [-0.2, 0) is 6.54 Å². The zero-order chi connectivity index (χ0) is 20.5. The number of pyridine rings is 1. The van der Waals surface area contributed by atoms with E-state index in [9.17, 15) is 14.7 Å². The molecule has 0 aliphatic carbocycles. The Kier molecular flexibility index (Phi) is 5.21. The van der Waals surface area contributed by atoms with Gasteiger partial charge in [0.1, 0.15) is 11.3 Å². The molecule has 4 aromatic rings. The SMILES string of the molecule is CCn1c(=O)c(C(=O)Nc2nc(-c3ccc(Br)cc3)cs2)c(O)c2ccccc21. The van der Waals surface area contributed by atoms with E-state index in [1.165, 1.54) is 15.9 Å². The Morgan fingerprint density at radius 1 is 1.21 bits per heavy atom. The summed E-state index contributed by atoms with van der Waals surface area (Å²) in [6.07, 6.45) is 0. The number of carbonyl (C=O) groups excluding carboxylic acids is 1. The van der Waals surface area contributed by atoms with Gasteiger partial charge in [-0.3, -0.25) is 14.9 Å². The van der Waals surface area contributed by atoms with Crippen molar-refractivity contribution >= 4 is 49.2 Å². The van der Waals surface area contributed by atoms with Crippen LogP contribution in [0, 0.1) is 0 Å². The van der Waals surface area contributed by atoms with Crippen LogP contribution < -0.4 is 10.9 Å². The van der Waals surface area contributed by atoms with Gasteiger partial charge in [0.2, 0.25) is 0 Å². The van der Waals surface area contributed by atoms with E-state index < -0.39 is 11.5 Å². The van der Waals surface area contributed by atoms with E-state index in [0.29, 0.717) is 28.3 Å². The van der Waals surface area contributed by atoms with Crippen molar-refractivity contribution in [3.05, 3.63) is 74.3 Å². The van der Waals surface area contributed by atoms with E-state index in [1.807, 2.05) is 36.6 Å². The molecule has 2 heterocycles. The monoisotopic (exact) mass is 469 g/mol. The van der Waals surface area contributed by atoms with E-state index in [1.54, 1.807) is 24.3 Å². The molecule has 0 atom stereocenters. The molecule has 4 rings (SSSR count). The van der Waals surface area contributed by atoms with Crippen molar-refractivity contribution in [2.75, 3.05) is 5.32 Å². The van der Waals surface area contributed by atoms with Gasteiger partial charge in [-0.25, -0.2) is 4.98 Å². The third kappa shape index (κ3) is 3.56. The highest BCUT2D eigenvalue weighted by molar-refractivity contribution is 9.10. The molecule has 29 heavy (non-hydrogen) atoms. The molecule has 0 fully saturated rings. The van der Waals surface area contributed by atoms with Crippen LogP contribution in [0.5, 0.6) is 5.75 Å². The molecule has 0 aliphatic rings. The lowest BCUT2D eigenvalue weighted by Gasteiger charge is -2.13. The number of rotatable bonds is 4. The second-order valence-corrected chi connectivity index (χ2v) is 8.06. The number of fused-ring (bicyclic) bond motifs is 1. The maximum absolute atomic E-state index is 12.8. The second kappa shape index (κ2) is 7.81. The lowest BCUT2D eigenvalue weighted by atomic mass is 10.1. The smallest absolute Gasteiger partial charge is 0.267 e. The minimum atomic E-state index is -0.683. The molecular formula is C21H16BrN3O3S. The van der Waals surface area contributed by atoms with Crippen LogP contribution in [-0.4, -0.2) is 20.6 Å². The number of para-hydroxylation sites is 1. The van der Waals surface area contributed by atoms with Crippen LogP contribution in [0.2, 0.25) is 0 Å². The molecule has 0 radical (unpaired) electrons. The van der Waals surface area contributed by atoms with Crippen LogP contribution in [0.3, 0.4) is 0 Å². The number of aromatic nitrogens is 2. The third-order valence-electron chi connectivity index (χ3n) is 4.55. The average molecular weight is 470 g/mol. The molecule has 6 nitrogen and oxygen atoms in total. The minimum absolute atomic E-state index is 0.286. The van der Waals surface area contributed by atoms with Crippen LogP contribution in [0.25, 0.3) is 22.2 Å². The normalized spacial score (nSPS) is 11.0. The number of hydrogen-bond acceptors (Lipinski definition) is 5. The standard InChI is InChI=1S/C21H16BrN3O3S/c1-2-25-16-6-4-3-5-14(16)18(26)17(20(25)28)19(27)24-21-23-15(11-29-21)12-7-9-13(22)10-8-12/h3-11,26H,2H2,1H3,(H,23,24,27). The first kappa shape index (κ1) is 19.4. The Balaban J connectivity index is 1.70. The Hall–Kier alpha value is -2.97. The second-order valence-electron chi connectivity index (χ2n) is 6.29. The summed E-state index contributed by atoms with van der Waals surface area (Å²) in [5.41, 5.74) is 1.39. The van der Waals surface area contributed by atoms with Gasteiger partial charge in [0.25, 0.3) is 11.5 Å². The molecule has 0 unspecified atom stereocenters. The predicted octanol–water partition coefficient (Wildman–Crippen LogP) is 4.87. The topological polar surface area (TPSA) is 84.2 Å². The summed E-state index contributed by atoms with van der Waals surface area (Å²) in [4.78, 5) is 30.1. The molecule has 0 aliphatic heterocycles. The van der Waals surface area contributed by atoms with E-state index in [-0.39, 0.29) is 11.3 Å². The molecule has 1 amide bonds. The van der Waals surface area contributed by atoms with Gasteiger partial charge in [-0.2, -0.15) is 0 Å². The van der Waals surface area contributed by atoms with Gasteiger partial charge >= 0.3 is 0 Å². The summed E-state index contributed by atoms with van der Waals surface area (Å²) >= 11 is 4.65. The van der Waals surface area contributed by atoms with Crippen LogP contribution >= 0.6 is 27.3 Å². The molecule has 0 saturated carbocycles. The van der Waals surface area contributed by atoms with Crippen LogP contribution in [0.1, 0.15) is 17.3 Å². The number of hydrogen-bond donors (Lipinski definition) is 2. The number of carbonyl (C=O) groups is 1. The van der Waals surface area contributed by atoms with Gasteiger partial charge in [-0.15, -0.1) is 11.3 Å². The van der Waals surface area contributed by atoms with E-state index in [4.69, 9.17) is 0 Å². The van der Waals surface area contributed by atoms with Gasteiger partial charge < -0.3 is 9.67 Å². The molecule has 0 spiro atoms. The number of nitrogens with one attached hydrogen (secondary N) is 1. The fraction of sp³-hybridized carbons (Fsp3) is 0.0952. The summed E-state index contributed by atoms with van der Waals surface area (Å²) in [6, 6.07) is 14.6. The van der Waals surface area contributed by atoms with Gasteiger partial charge in [0.15, 0.2) is 5.13 Å². The maximum Gasteiger partial charge on any atom is 0.267 e. The third-order valence-corrected chi connectivity index (χ3v) is 5.84. The number of aromatic hydroxyl groups is 1. The van der Waals surface area contributed by atoms with Crippen molar-refractivity contribution in [3.8, 4) is 17.0 Å². The number of halogens is 1. The predicted molar refractivity (Wildman–Crippen MR) is 119 cm³/mol. The Labute approximate surface area is 178 Å². The molecule has 146 valence electrons. The lowest BCUT2D eigenvalue weighted by molar-refractivity contribution is 0.102. The van der Waals surface area contributed by atoms with Gasteiger partial charge in [-0.1, -0.05) is 40.2 Å². The largest absolute Gasteiger partial charge is 0.506 e. The van der Waals surface area contributed by atoms with Gasteiger partial charge in [0.05, 0.1) is 11.2 Å². The molecule has 2 aromatic heterocycles. The van der Waals surface area contributed by atoms with Gasteiger partial charge in [-0.05, 0) is 31.2 Å². The fourth-order valence-corrected chi connectivity index (χ4v) is 4.13. The zero-order valence-electron chi connectivity index (χ0n) is 15.3. The molecule has 2 aromatic carbocycles. The number of nitrogens with zero attached hydrogens (tertiary/aromatic N) is 2. The summed E-state index contributed by atoms with van der Waals surface area (Å²) < 4.78 is 2.43. The summed E-state index contributed by atoms with van der Waals surface area (Å²) in [7, 11) is 0. The van der Waals surface area contributed by atoms with Crippen molar-refractivity contribution in [2.45, 2.75) is 13.5 Å². The summed E-state index contributed by atoms with van der Waals surface area (Å²) in [6.45, 7) is 2.20. The number of amides is 1.